The molecule has 7 N–H and O–H groups in total. The number of nitrogens with two attached hydrogens (primary N) is 2. The van der Waals surface area contributed by atoms with Gasteiger partial charge in [0.15, 0.2) is 17.2 Å². The van der Waals surface area contributed by atoms with Gasteiger partial charge in [-0.05, 0) is 77.9 Å². The highest BCUT2D eigenvalue weighted by molar-refractivity contribution is 7.89. The highest BCUT2D eigenvalue weighted by Crippen LogP contribution is 2.38. The molecule has 318 valence electrons. The van der Waals surface area contributed by atoms with Crippen molar-refractivity contribution in [2.75, 3.05) is 10.6 Å². The average molecular weight is 900 g/mol. The standard InChI is InChI=1S/C21H17F3N2O5S.C19H16ClN3O5S/c22-21(23,24)31-17-9-5-4-8-16(17)30-18-11-10-15(13-19(18)32(25,28)29)26-20(27)12-14-6-2-1-3-7-14;20-14-5-2-1-4-12(14)10-18(24)23-13-7-8-15(17(11-13)29(21,26)27)28-16-6-3-9-22-19(16)25/h1-11,13H,12H2,(H,26,27)(H2,25,28,29);1-9,11H,10H2,(H,22,25)(H,23,24)(H2,21,26,27). The second-order valence-corrected chi connectivity index (χ2v) is 16.0. The Hall–Kier alpha value is -6.71. The first-order valence-corrected chi connectivity index (χ1v) is 20.8. The number of aromatic nitrogens is 1. The average Bonchev–Trinajstić information content (AvgIpc) is 3.18. The number of sulfonamides is 2. The maximum absolute atomic E-state index is 12.6. The van der Waals surface area contributed by atoms with Gasteiger partial charge in [0, 0.05) is 22.6 Å². The molecule has 0 bridgehead atoms. The molecule has 0 saturated carbocycles. The molecular formula is C40H33ClF3N5O10S2. The second kappa shape index (κ2) is 19.6. The fraction of sp³-hybridized carbons (Fsp3) is 0.0750. The summed E-state index contributed by atoms with van der Waals surface area (Å²) >= 11 is 6.05. The van der Waals surface area contributed by atoms with Gasteiger partial charge in [-0.2, -0.15) is 0 Å². The first-order chi connectivity index (χ1) is 28.7. The van der Waals surface area contributed by atoms with Crippen LogP contribution in [0.2, 0.25) is 5.02 Å². The van der Waals surface area contributed by atoms with E-state index in [1.54, 1.807) is 54.6 Å². The quantitative estimate of drug-likeness (QED) is 0.0807. The van der Waals surface area contributed by atoms with Crippen LogP contribution in [-0.2, 0) is 42.5 Å². The summed E-state index contributed by atoms with van der Waals surface area (Å²) in [6, 6.07) is 31.0. The molecule has 0 radical (unpaired) electrons. The lowest BCUT2D eigenvalue weighted by Gasteiger charge is -2.16. The molecule has 6 rings (SSSR count). The van der Waals surface area contributed by atoms with Gasteiger partial charge in [0.25, 0.3) is 5.56 Å². The molecule has 61 heavy (non-hydrogen) atoms. The minimum Gasteiger partial charge on any atom is -0.452 e. The third-order valence-electron chi connectivity index (χ3n) is 7.88. The smallest absolute Gasteiger partial charge is 0.452 e. The van der Waals surface area contributed by atoms with Crippen LogP contribution in [0.3, 0.4) is 0 Å². The Morgan fingerprint density at radius 1 is 0.623 bits per heavy atom. The minimum atomic E-state index is -4.98. The Balaban J connectivity index is 0.000000232. The number of nitrogens with one attached hydrogen (secondary N) is 3. The number of H-pyrrole nitrogens is 1. The molecule has 0 aliphatic heterocycles. The van der Waals surface area contributed by atoms with Crippen LogP contribution >= 0.6 is 11.6 Å². The van der Waals surface area contributed by atoms with Crippen LogP contribution < -0.4 is 40.7 Å². The summed E-state index contributed by atoms with van der Waals surface area (Å²) in [4.78, 5) is 37.8. The first kappa shape index (κ1) is 45.4. The Morgan fingerprint density at radius 3 is 1.66 bits per heavy atom. The van der Waals surface area contributed by atoms with E-state index >= 15 is 0 Å². The van der Waals surface area contributed by atoms with Gasteiger partial charge in [-0.15, -0.1) is 13.2 Å². The summed E-state index contributed by atoms with van der Waals surface area (Å²) in [5.74, 6) is -2.44. The molecule has 0 fully saturated rings. The number of ether oxygens (including phenoxy) is 3. The van der Waals surface area contributed by atoms with Crippen molar-refractivity contribution in [2.45, 2.75) is 29.0 Å². The summed E-state index contributed by atoms with van der Waals surface area (Å²) in [5.41, 5.74) is 1.15. The molecule has 15 nitrogen and oxygen atoms in total. The van der Waals surface area contributed by atoms with Crippen LogP contribution in [0, 0.1) is 0 Å². The normalized spacial score (nSPS) is 11.4. The van der Waals surface area contributed by atoms with Gasteiger partial charge >= 0.3 is 6.36 Å². The zero-order chi connectivity index (χ0) is 44.4. The van der Waals surface area contributed by atoms with Crippen molar-refractivity contribution < 1.29 is 53.8 Å². The lowest BCUT2D eigenvalue weighted by Crippen LogP contribution is -2.18. The maximum Gasteiger partial charge on any atom is 0.573 e. The Labute approximate surface area is 351 Å². The lowest BCUT2D eigenvalue weighted by molar-refractivity contribution is -0.275. The van der Waals surface area contributed by atoms with E-state index in [-0.39, 0.29) is 52.1 Å². The Kier molecular flexibility index (Phi) is 14.6. The second-order valence-electron chi connectivity index (χ2n) is 12.5. The predicted molar refractivity (Wildman–Crippen MR) is 219 cm³/mol. The molecular weight excluding hydrogens is 867 g/mol. The van der Waals surface area contributed by atoms with E-state index in [4.69, 9.17) is 31.4 Å². The highest BCUT2D eigenvalue weighted by atomic mass is 35.5. The van der Waals surface area contributed by atoms with Crippen molar-refractivity contribution in [3.8, 4) is 28.7 Å². The Bertz CT molecular complexity index is 2830. The van der Waals surface area contributed by atoms with Crippen LogP contribution in [0.15, 0.2) is 148 Å². The van der Waals surface area contributed by atoms with Crippen LogP contribution in [0.5, 0.6) is 28.7 Å². The monoisotopic (exact) mass is 899 g/mol. The van der Waals surface area contributed by atoms with Crippen LogP contribution in [0.4, 0.5) is 24.5 Å². The molecule has 0 aliphatic rings. The van der Waals surface area contributed by atoms with Crippen molar-refractivity contribution in [3.05, 3.63) is 160 Å². The van der Waals surface area contributed by atoms with Crippen molar-refractivity contribution in [1.82, 2.24) is 4.98 Å². The molecule has 0 unspecified atom stereocenters. The predicted octanol–water partition coefficient (Wildman–Crippen LogP) is 6.86. The number of alkyl halides is 3. The van der Waals surface area contributed by atoms with E-state index in [0.717, 1.165) is 23.8 Å². The first-order valence-electron chi connectivity index (χ1n) is 17.3. The number of halogens is 4. The Morgan fingerprint density at radius 2 is 1.11 bits per heavy atom. The number of carbonyl (C=O) groups is 2. The van der Waals surface area contributed by atoms with Crippen LogP contribution in [0.25, 0.3) is 0 Å². The summed E-state index contributed by atoms with van der Waals surface area (Å²) in [7, 11) is -8.56. The third kappa shape index (κ3) is 13.7. The number of benzene rings is 5. The number of rotatable bonds is 13. The molecule has 0 aliphatic carbocycles. The van der Waals surface area contributed by atoms with Crippen LogP contribution in [0.1, 0.15) is 11.1 Å². The number of anilines is 2. The number of pyridine rings is 1. The lowest BCUT2D eigenvalue weighted by atomic mass is 10.1. The minimum absolute atomic E-state index is 0.00201. The summed E-state index contributed by atoms with van der Waals surface area (Å²) < 4.78 is 101. The molecule has 0 saturated heterocycles. The molecule has 1 heterocycles. The molecule has 1 aromatic heterocycles. The van der Waals surface area contributed by atoms with E-state index in [1.165, 1.54) is 60.8 Å². The number of primary sulfonamides is 2. The van der Waals surface area contributed by atoms with E-state index in [9.17, 15) is 44.4 Å². The summed E-state index contributed by atoms with van der Waals surface area (Å²) in [6.07, 6.45) is -3.52. The van der Waals surface area contributed by atoms with Gasteiger partial charge in [0.2, 0.25) is 31.9 Å². The number of amides is 2. The molecule has 21 heteroatoms. The van der Waals surface area contributed by atoms with Gasteiger partial charge in [-0.3, -0.25) is 14.4 Å². The molecule has 6 aromatic rings. The van der Waals surface area contributed by atoms with Crippen molar-refractivity contribution >= 4 is 54.8 Å². The fourth-order valence-corrected chi connectivity index (χ4v) is 6.82. The number of aromatic amines is 1. The zero-order valence-corrected chi connectivity index (χ0v) is 33.6. The van der Waals surface area contributed by atoms with Gasteiger partial charge < -0.3 is 29.8 Å². The highest BCUT2D eigenvalue weighted by Gasteiger charge is 2.33. The van der Waals surface area contributed by atoms with Gasteiger partial charge in [-0.1, -0.05) is 72.3 Å². The SMILES string of the molecule is NS(=O)(=O)c1cc(NC(=O)Cc2ccccc2)ccc1Oc1ccccc1OC(F)(F)F.NS(=O)(=O)c1cc(NC(=O)Cc2ccccc2Cl)ccc1Oc1ccc[nH]c1=O. The van der Waals surface area contributed by atoms with Gasteiger partial charge in [-0.25, -0.2) is 27.1 Å². The number of hydrogen-bond acceptors (Lipinski definition) is 10. The van der Waals surface area contributed by atoms with E-state index in [0.29, 0.717) is 10.6 Å². The number of para-hydroxylation sites is 2. The number of carbonyl (C=O) groups excluding carboxylic acids is 2. The van der Waals surface area contributed by atoms with Gasteiger partial charge in [0.05, 0.1) is 12.8 Å². The zero-order valence-electron chi connectivity index (χ0n) is 31.2. The topological polar surface area (TPSA) is 239 Å². The maximum atomic E-state index is 12.6. The largest absolute Gasteiger partial charge is 0.573 e. The molecule has 2 amide bonds. The summed E-state index contributed by atoms with van der Waals surface area (Å²) in [5, 5.41) is 16.1. The molecule has 0 spiro atoms. The molecule has 5 aromatic carbocycles. The van der Waals surface area contributed by atoms with E-state index in [1.807, 2.05) is 0 Å². The van der Waals surface area contributed by atoms with Crippen LogP contribution in [-0.4, -0.2) is 40.0 Å². The molecule has 0 atom stereocenters. The van der Waals surface area contributed by atoms with Crippen molar-refractivity contribution in [1.29, 1.82) is 0 Å². The van der Waals surface area contributed by atoms with Crippen molar-refractivity contribution in [2.24, 2.45) is 10.3 Å². The number of hydrogen-bond donors (Lipinski definition) is 5. The van der Waals surface area contributed by atoms with Crippen molar-refractivity contribution in [3.63, 3.8) is 0 Å². The van der Waals surface area contributed by atoms with E-state index < -0.39 is 54.4 Å². The summed E-state index contributed by atoms with van der Waals surface area (Å²) in [6.45, 7) is 0. The van der Waals surface area contributed by atoms with E-state index in [2.05, 4.69) is 20.4 Å². The van der Waals surface area contributed by atoms with Gasteiger partial charge in [0.1, 0.15) is 21.3 Å². The third-order valence-corrected chi connectivity index (χ3v) is 10.1. The fourth-order valence-electron chi connectivity index (χ4n) is 5.26.